The Morgan fingerprint density at radius 2 is 2.08 bits per heavy atom. The fourth-order valence-corrected chi connectivity index (χ4v) is 4.21. The predicted octanol–water partition coefficient (Wildman–Crippen LogP) is 3.82. The Morgan fingerprint density at radius 1 is 1.31 bits per heavy atom. The maximum Gasteiger partial charge on any atom is 0.170 e. The van der Waals surface area contributed by atoms with E-state index >= 15 is 0 Å². The molecule has 1 fully saturated rings. The van der Waals surface area contributed by atoms with Crippen molar-refractivity contribution in [3.8, 4) is 0 Å². The summed E-state index contributed by atoms with van der Waals surface area (Å²) in [5, 5.41) is 9.05. The number of thiophene rings is 1. The van der Waals surface area contributed by atoms with E-state index in [0.717, 1.165) is 26.2 Å². The van der Waals surface area contributed by atoms with Gasteiger partial charge in [0, 0.05) is 43.3 Å². The molecule has 2 aromatic rings. The number of rotatable bonds is 5. The second-order valence-corrected chi connectivity index (χ2v) is 8.13. The van der Waals surface area contributed by atoms with E-state index in [1.165, 1.54) is 17.0 Å². The first-order chi connectivity index (χ1) is 12.5. The van der Waals surface area contributed by atoms with Crippen molar-refractivity contribution < 1.29 is 4.39 Å². The molecule has 0 aliphatic carbocycles. The molecule has 1 aliphatic rings. The molecule has 0 unspecified atom stereocenters. The van der Waals surface area contributed by atoms with Crippen molar-refractivity contribution >= 4 is 46.0 Å². The molecule has 0 amide bonds. The maximum atomic E-state index is 13.3. The Balaban J connectivity index is 1.60. The lowest BCUT2D eigenvalue weighted by atomic mass is 10.1. The first-order valence-electron chi connectivity index (χ1n) is 8.49. The molecule has 0 saturated carbocycles. The zero-order valence-electron chi connectivity index (χ0n) is 14.5. The molecule has 1 aromatic heterocycles. The van der Waals surface area contributed by atoms with Crippen molar-refractivity contribution in [2.75, 3.05) is 45.1 Å². The Bertz CT molecular complexity index is 733. The number of anilines is 1. The van der Waals surface area contributed by atoms with Gasteiger partial charge in [0.15, 0.2) is 5.11 Å². The number of nitrogens with one attached hydrogen (secondary N) is 2. The van der Waals surface area contributed by atoms with Gasteiger partial charge in [0.25, 0.3) is 0 Å². The number of halogens is 2. The molecule has 4 nitrogen and oxygen atoms in total. The van der Waals surface area contributed by atoms with Crippen LogP contribution in [0.25, 0.3) is 0 Å². The number of likely N-dealkylation sites (N-methyl/N-ethyl adjacent to an activating group) is 1. The molecule has 1 atom stereocenters. The summed E-state index contributed by atoms with van der Waals surface area (Å²) < 4.78 is 13.3. The second kappa shape index (κ2) is 9.10. The zero-order chi connectivity index (χ0) is 18.5. The summed E-state index contributed by atoms with van der Waals surface area (Å²) in [6.07, 6.45) is 0. The average Bonchev–Trinajstić information content (AvgIpc) is 3.14. The van der Waals surface area contributed by atoms with E-state index in [0.29, 0.717) is 17.3 Å². The summed E-state index contributed by atoms with van der Waals surface area (Å²) in [6, 6.07) is 9.01. The van der Waals surface area contributed by atoms with Crippen LogP contribution in [0.15, 0.2) is 35.7 Å². The molecule has 3 rings (SSSR count). The van der Waals surface area contributed by atoms with Crippen molar-refractivity contribution in [1.29, 1.82) is 0 Å². The number of benzene rings is 1. The fourth-order valence-electron chi connectivity index (χ4n) is 2.96. The van der Waals surface area contributed by atoms with Crippen LogP contribution in [-0.4, -0.2) is 54.7 Å². The number of hydrogen-bond acceptors (Lipinski definition) is 4. The Kier molecular flexibility index (Phi) is 6.83. The SMILES string of the molecule is CN1CCN([C@@H](CNC(=S)Nc2ccc(F)c(Cl)c2)c2cccs2)CC1. The van der Waals surface area contributed by atoms with E-state index in [1.807, 2.05) is 0 Å². The minimum absolute atomic E-state index is 0.0756. The molecule has 0 spiro atoms. The van der Waals surface area contributed by atoms with Crippen molar-refractivity contribution in [3.05, 3.63) is 51.4 Å². The molecule has 8 heteroatoms. The highest BCUT2D eigenvalue weighted by Gasteiger charge is 2.24. The molecule has 1 aliphatic heterocycles. The largest absolute Gasteiger partial charge is 0.360 e. The molecule has 0 radical (unpaired) electrons. The van der Waals surface area contributed by atoms with Crippen LogP contribution in [0.2, 0.25) is 5.02 Å². The van der Waals surface area contributed by atoms with Crippen molar-refractivity contribution in [1.82, 2.24) is 15.1 Å². The van der Waals surface area contributed by atoms with E-state index in [-0.39, 0.29) is 11.1 Å². The summed E-state index contributed by atoms with van der Waals surface area (Å²) in [4.78, 5) is 6.17. The van der Waals surface area contributed by atoms with Crippen LogP contribution >= 0.6 is 35.2 Å². The third-order valence-electron chi connectivity index (χ3n) is 4.48. The maximum absolute atomic E-state index is 13.3. The van der Waals surface area contributed by atoms with Gasteiger partial charge >= 0.3 is 0 Å². The lowest BCUT2D eigenvalue weighted by Gasteiger charge is -2.37. The van der Waals surface area contributed by atoms with Gasteiger partial charge in [0.2, 0.25) is 0 Å². The van der Waals surface area contributed by atoms with Crippen molar-refractivity contribution in [2.45, 2.75) is 6.04 Å². The van der Waals surface area contributed by atoms with Crippen LogP contribution in [0.1, 0.15) is 10.9 Å². The number of nitrogens with zero attached hydrogens (tertiary/aromatic N) is 2. The smallest absolute Gasteiger partial charge is 0.170 e. The molecule has 140 valence electrons. The predicted molar refractivity (Wildman–Crippen MR) is 112 cm³/mol. The molecule has 26 heavy (non-hydrogen) atoms. The summed E-state index contributed by atoms with van der Waals surface area (Å²) in [5.74, 6) is -0.441. The summed E-state index contributed by atoms with van der Waals surface area (Å²) in [7, 11) is 2.16. The minimum Gasteiger partial charge on any atom is -0.360 e. The lowest BCUT2D eigenvalue weighted by Crippen LogP contribution is -2.48. The van der Waals surface area contributed by atoms with Gasteiger partial charge in [-0.2, -0.15) is 0 Å². The van der Waals surface area contributed by atoms with E-state index in [4.69, 9.17) is 23.8 Å². The van der Waals surface area contributed by atoms with Crippen LogP contribution < -0.4 is 10.6 Å². The number of hydrogen-bond donors (Lipinski definition) is 2. The van der Waals surface area contributed by atoms with Crippen molar-refractivity contribution in [2.24, 2.45) is 0 Å². The topological polar surface area (TPSA) is 30.5 Å². The molecular weight excluding hydrogens is 391 g/mol. The molecule has 2 heterocycles. The van der Waals surface area contributed by atoms with Gasteiger partial charge in [-0.15, -0.1) is 11.3 Å². The van der Waals surface area contributed by atoms with Crippen LogP contribution in [0, 0.1) is 5.82 Å². The quantitative estimate of drug-likeness (QED) is 0.729. The summed E-state index contributed by atoms with van der Waals surface area (Å²) in [5.41, 5.74) is 0.668. The normalized spacial score (nSPS) is 17.0. The van der Waals surface area contributed by atoms with Gasteiger partial charge in [0.1, 0.15) is 5.82 Å². The zero-order valence-corrected chi connectivity index (χ0v) is 16.9. The van der Waals surface area contributed by atoms with Crippen molar-refractivity contribution in [3.63, 3.8) is 0 Å². The third kappa shape index (κ3) is 5.14. The molecule has 1 saturated heterocycles. The first-order valence-corrected chi connectivity index (χ1v) is 10.2. The second-order valence-electron chi connectivity index (χ2n) is 6.33. The van der Waals surface area contributed by atoms with E-state index in [9.17, 15) is 4.39 Å². The molecule has 1 aromatic carbocycles. The van der Waals surface area contributed by atoms with Gasteiger partial charge in [0.05, 0.1) is 11.1 Å². The van der Waals surface area contributed by atoms with Gasteiger partial charge in [-0.05, 0) is 48.9 Å². The number of thiocarbonyl (C=S) groups is 1. The fraction of sp³-hybridized carbons (Fsp3) is 0.389. The van der Waals surface area contributed by atoms with Crippen LogP contribution in [-0.2, 0) is 0 Å². The average molecular weight is 413 g/mol. The Morgan fingerprint density at radius 3 is 2.73 bits per heavy atom. The van der Waals surface area contributed by atoms with Gasteiger partial charge in [-0.25, -0.2) is 4.39 Å². The Hall–Kier alpha value is -1.25. The third-order valence-corrected chi connectivity index (χ3v) is 5.99. The highest BCUT2D eigenvalue weighted by Crippen LogP contribution is 2.25. The molecule has 2 N–H and O–H groups in total. The highest BCUT2D eigenvalue weighted by molar-refractivity contribution is 7.80. The Labute approximate surface area is 167 Å². The summed E-state index contributed by atoms with van der Waals surface area (Å²) >= 11 is 13.0. The van der Waals surface area contributed by atoms with Crippen LogP contribution in [0.3, 0.4) is 0 Å². The monoisotopic (exact) mass is 412 g/mol. The van der Waals surface area contributed by atoms with E-state index in [1.54, 1.807) is 17.4 Å². The van der Waals surface area contributed by atoms with Gasteiger partial charge < -0.3 is 15.5 Å². The highest BCUT2D eigenvalue weighted by atomic mass is 35.5. The molecule has 0 bridgehead atoms. The van der Waals surface area contributed by atoms with Gasteiger partial charge in [-0.1, -0.05) is 17.7 Å². The number of piperazine rings is 1. The lowest BCUT2D eigenvalue weighted by molar-refractivity contribution is 0.114. The van der Waals surface area contributed by atoms with E-state index < -0.39 is 5.82 Å². The first kappa shape index (κ1) is 19.5. The van der Waals surface area contributed by atoms with Crippen LogP contribution in [0.4, 0.5) is 10.1 Å². The summed E-state index contributed by atoms with van der Waals surface area (Å²) in [6.45, 7) is 4.92. The van der Waals surface area contributed by atoms with Gasteiger partial charge in [-0.3, -0.25) is 4.90 Å². The molecular formula is C18H22ClFN4S2. The van der Waals surface area contributed by atoms with Crippen LogP contribution in [0.5, 0.6) is 0 Å². The standard InChI is InChI=1S/C18H22ClFN4S2/c1-23-6-8-24(9-7-23)16(17-3-2-10-26-17)12-21-18(25)22-13-4-5-15(20)14(19)11-13/h2-5,10-11,16H,6-9,12H2,1H3,(H2,21,22,25)/t16-/m0/s1. The minimum atomic E-state index is -0.441. The van der Waals surface area contributed by atoms with E-state index in [2.05, 4.69) is 45.0 Å².